The molecule has 1 aromatic rings. The van der Waals surface area contributed by atoms with E-state index in [4.69, 9.17) is 10.5 Å². The summed E-state index contributed by atoms with van der Waals surface area (Å²) < 4.78 is 6.68. The SMILES string of the molecule is NC(=NCC1(c2ccc(Br)cc2)CCOCC1)NCC1CCC1. The zero-order chi connectivity index (χ0) is 16.1. The van der Waals surface area contributed by atoms with E-state index in [0.717, 1.165) is 49.5 Å². The van der Waals surface area contributed by atoms with Crippen molar-refractivity contribution in [3.63, 3.8) is 0 Å². The molecule has 0 radical (unpaired) electrons. The first-order chi connectivity index (χ1) is 11.2. The highest BCUT2D eigenvalue weighted by atomic mass is 79.9. The van der Waals surface area contributed by atoms with Crippen molar-refractivity contribution < 1.29 is 4.74 Å². The van der Waals surface area contributed by atoms with E-state index in [9.17, 15) is 0 Å². The molecule has 0 amide bonds. The molecule has 1 aliphatic carbocycles. The van der Waals surface area contributed by atoms with Crippen LogP contribution in [0.15, 0.2) is 33.7 Å². The van der Waals surface area contributed by atoms with Gasteiger partial charge in [0.05, 0.1) is 6.54 Å². The lowest BCUT2D eigenvalue weighted by Gasteiger charge is -2.36. The van der Waals surface area contributed by atoms with Crippen molar-refractivity contribution in [2.75, 3.05) is 26.3 Å². The average Bonchev–Trinajstić information content (AvgIpc) is 2.53. The van der Waals surface area contributed by atoms with Gasteiger partial charge in [0, 0.05) is 29.6 Å². The van der Waals surface area contributed by atoms with E-state index in [0.29, 0.717) is 5.96 Å². The summed E-state index contributed by atoms with van der Waals surface area (Å²) in [4.78, 5) is 4.67. The Morgan fingerprint density at radius 2 is 1.96 bits per heavy atom. The Labute approximate surface area is 147 Å². The third-order valence-corrected chi connectivity index (χ3v) is 5.78. The van der Waals surface area contributed by atoms with Crippen LogP contribution in [0.25, 0.3) is 0 Å². The van der Waals surface area contributed by atoms with Gasteiger partial charge >= 0.3 is 0 Å². The minimum absolute atomic E-state index is 0.0434. The van der Waals surface area contributed by atoms with Gasteiger partial charge in [-0.25, -0.2) is 0 Å². The number of benzene rings is 1. The van der Waals surface area contributed by atoms with Gasteiger partial charge in [0.15, 0.2) is 5.96 Å². The molecule has 0 atom stereocenters. The summed E-state index contributed by atoms with van der Waals surface area (Å²) in [7, 11) is 0. The second-order valence-electron chi connectivity index (χ2n) is 6.78. The van der Waals surface area contributed by atoms with Crippen molar-refractivity contribution >= 4 is 21.9 Å². The summed E-state index contributed by atoms with van der Waals surface area (Å²) in [6, 6.07) is 8.61. The Balaban J connectivity index is 1.67. The molecule has 23 heavy (non-hydrogen) atoms. The number of hydrogen-bond acceptors (Lipinski definition) is 2. The lowest BCUT2D eigenvalue weighted by Crippen LogP contribution is -2.40. The van der Waals surface area contributed by atoms with Crippen molar-refractivity contribution in [1.29, 1.82) is 0 Å². The summed E-state index contributed by atoms with van der Waals surface area (Å²) in [6.45, 7) is 3.27. The molecule has 0 spiro atoms. The Kier molecular flexibility index (Phi) is 5.59. The van der Waals surface area contributed by atoms with Crippen molar-refractivity contribution in [3.05, 3.63) is 34.3 Å². The number of nitrogens with two attached hydrogens (primary N) is 1. The van der Waals surface area contributed by atoms with E-state index in [1.165, 1.54) is 24.8 Å². The number of guanidine groups is 1. The number of ether oxygens (including phenoxy) is 1. The van der Waals surface area contributed by atoms with E-state index in [-0.39, 0.29) is 5.41 Å². The molecule has 1 aromatic carbocycles. The zero-order valence-electron chi connectivity index (χ0n) is 13.6. The molecule has 2 aliphatic rings. The Hall–Kier alpha value is -1.07. The second-order valence-corrected chi connectivity index (χ2v) is 7.69. The highest BCUT2D eigenvalue weighted by Gasteiger charge is 2.34. The Bertz CT molecular complexity index is 534. The molecule has 2 fully saturated rings. The predicted molar refractivity (Wildman–Crippen MR) is 97.7 cm³/mol. The predicted octanol–water partition coefficient (Wildman–Crippen LogP) is 3.20. The minimum atomic E-state index is 0.0434. The van der Waals surface area contributed by atoms with Crippen molar-refractivity contribution in [2.24, 2.45) is 16.6 Å². The second kappa shape index (κ2) is 7.67. The summed E-state index contributed by atoms with van der Waals surface area (Å²) in [5, 5.41) is 3.29. The van der Waals surface area contributed by atoms with Gasteiger partial charge in [-0.05, 0) is 49.3 Å². The van der Waals surface area contributed by atoms with Gasteiger partial charge in [-0.2, -0.15) is 0 Å². The average molecular weight is 380 g/mol. The van der Waals surface area contributed by atoms with Crippen LogP contribution >= 0.6 is 15.9 Å². The smallest absolute Gasteiger partial charge is 0.188 e. The summed E-state index contributed by atoms with van der Waals surface area (Å²) in [5.74, 6) is 1.37. The van der Waals surface area contributed by atoms with Crippen LogP contribution < -0.4 is 11.1 Å². The number of hydrogen-bond donors (Lipinski definition) is 2. The van der Waals surface area contributed by atoms with E-state index in [1.54, 1.807) is 0 Å². The molecule has 3 rings (SSSR count). The zero-order valence-corrected chi connectivity index (χ0v) is 15.1. The Morgan fingerprint density at radius 3 is 2.57 bits per heavy atom. The van der Waals surface area contributed by atoms with Crippen molar-refractivity contribution in [1.82, 2.24) is 5.32 Å². The normalized spacial score (nSPS) is 21.7. The van der Waals surface area contributed by atoms with Crippen LogP contribution in [0.4, 0.5) is 0 Å². The van der Waals surface area contributed by atoms with E-state index in [2.05, 4.69) is 50.5 Å². The van der Waals surface area contributed by atoms with E-state index in [1.807, 2.05) is 0 Å². The van der Waals surface area contributed by atoms with Crippen LogP contribution in [0.3, 0.4) is 0 Å². The molecule has 0 unspecified atom stereocenters. The molecule has 0 aromatic heterocycles. The number of nitrogens with one attached hydrogen (secondary N) is 1. The molecule has 1 saturated carbocycles. The van der Waals surface area contributed by atoms with Gasteiger partial charge < -0.3 is 15.8 Å². The van der Waals surface area contributed by atoms with Gasteiger partial charge in [-0.15, -0.1) is 0 Å². The number of rotatable bonds is 5. The van der Waals surface area contributed by atoms with Gasteiger partial charge in [-0.1, -0.05) is 34.5 Å². The maximum atomic E-state index is 6.08. The first kappa shape index (κ1) is 16.8. The first-order valence-electron chi connectivity index (χ1n) is 8.56. The molecular formula is C18H26BrN3O. The van der Waals surface area contributed by atoms with Crippen molar-refractivity contribution in [3.8, 4) is 0 Å². The fourth-order valence-corrected chi connectivity index (χ4v) is 3.61. The number of aliphatic imine (C=N–C) groups is 1. The van der Waals surface area contributed by atoms with Gasteiger partial charge in [0.1, 0.15) is 0 Å². The number of nitrogens with zero attached hydrogens (tertiary/aromatic N) is 1. The van der Waals surface area contributed by atoms with Crippen LogP contribution in [0.5, 0.6) is 0 Å². The van der Waals surface area contributed by atoms with Crippen LogP contribution in [-0.2, 0) is 10.2 Å². The van der Waals surface area contributed by atoms with E-state index >= 15 is 0 Å². The van der Waals surface area contributed by atoms with E-state index < -0.39 is 0 Å². The fraction of sp³-hybridized carbons (Fsp3) is 0.611. The monoisotopic (exact) mass is 379 g/mol. The van der Waals surface area contributed by atoms with Crippen molar-refractivity contribution in [2.45, 2.75) is 37.5 Å². The summed E-state index contributed by atoms with van der Waals surface area (Å²) >= 11 is 3.51. The molecule has 1 aliphatic heterocycles. The van der Waals surface area contributed by atoms with Crippen LogP contribution in [0.1, 0.15) is 37.7 Å². The molecule has 126 valence electrons. The molecule has 5 heteroatoms. The minimum Gasteiger partial charge on any atom is -0.381 e. The molecule has 3 N–H and O–H groups in total. The molecule has 0 bridgehead atoms. The third-order valence-electron chi connectivity index (χ3n) is 5.26. The quantitative estimate of drug-likeness (QED) is 0.609. The largest absolute Gasteiger partial charge is 0.381 e. The lowest BCUT2D eigenvalue weighted by molar-refractivity contribution is 0.0531. The van der Waals surface area contributed by atoms with Gasteiger partial charge in [-0.3, -0.25) is 4.99 Å². The Morgan fingerprint density at radius 1 is 1.26 bits per heavy atom. The summed E-state index contributed by atoms with van der Waals surface area (Å²) in [6.07, 6.45) is 5.99. The maximum absolute atomic E-state index is 6.08. The fourth-order valence-electron chi connectivity index (χ4n) is 3.34. The highest BCUT2D eigenvalue weighted by Crippen LogP contribution is 2.35. The highest BCUT2D eigenvalue weighted by molar-refractivity contribution is 9.10. The molecular weight excluding hydrogens is 354 g/mol. The maximum Gasteiger partial charge on any atom is 0.188 e. The molecule has 1 saturated heterocycles. The standard InChI is InChI=1S/C18H26BrN3O/c19-16-6-4-15(5-7-16)18(8-10-23-11-9-18)13-22-17(20)21-12-14-2-1-3-14/h4-7,14H,1-3,8-13H2,(H3,20,21,22). The number of halogens is 1. The van der Waals surface area contributed by atoms with Crippen LogP contribution in [-0.4, -0.2) is 32.3 Å². The summed E-state index contributed by atoms with van der Waals surface area (Å²) in [5.41, 5.74) is 7.46. The van der Waals surface area contributed by atoms with Crippen LogP contribution in [0.2, 0.25) is 0 Å². The third kappa shape index (κ3) is 4.27. The van der Waals surface area contributed by atoms with Gasteiger partial charge in [0.2, 0.25) is 0 Å². The molecule has 1 heterocycles. The van der Waals surface area contributed by atoms with Gasteiger partial charge in [0.25, 0.3) is 0 Å². The first-order valence-corrected chi connectivity index (χ1v) is 9.35. The van der Waals surface area contributed by atoms with Crippen LogP contribution in [0, 0.1) is 5.92 Å². The molecule has 4 nitrogen and oxygen atoms in total. The topological polar surface area (TPSA) is 59.6 Å². The lowest BCUT2D eigenvalue weighted by atomic mass is 9.74.